The number of rotatable bonds is 3. The minimum absolute atomic E-state index is 0.114. The van der Waals surface area contributed by atoms with Crippen molar-refractivity contribution in [2.75, 3.05) is 19.1 Å². The molecular weight excluding hydrogens is 328 g/mol. The molecule has 0 spiro atoms. The minimum Gasteiger partial charge on any atom is -0.465 e. The molecule has 1 amide bonds. The maximum Gasteiger partial charge on any atom is 0.255 e. The molecule has 0 saturated heterocycles. The van der Waals surface area contributed by atoms with E-state index < -0.39 is 11.6 Å². The molecule has 4 rings (SSSR count). The number of hydroxylamine groups is 2. The van der Waals surface area contributed by atoms with Crippen LogP contribution in [0.15, 0.2) is 66.9 Å². The minimum atomic E-state index is -0.831. The summed E-state index contributed by atoms with van der Waals surface area (Å²) < 4.78 is 6.35. The summed E-state index contributed by atoms with van der Waals surface area (Å²) in [5.74, 6) is 0.0846. The van der Waals surface area contributed by atoms with E-state index in [1.807, 2.05) is 72.6 Å². The summed E-state index contributed by atoms with van der Waals surface area (Å²) in [6.45, 7) is 1.97. The van der Waals surface area contributed by atoms with Crippen molar-refractivity contribution in [3.63, 3.8) is 0 Å². The lowest BCUT2D eigenvalue weighted by Crippen LogP contribution is -2.59. The highest BCUT2D eigenvalue weighted by atomic mass is 16.7. The number of carbonyl (C=O) groups excluding carboxylic acids is 1. The smallest absolute Gasteiger partial charge is 0.255 e. The molecule has 26 heavy (non-hydrogen) atoms. The van der Waals surface area contributed by atoms with Crippen LogP contribution < -0.4 is 9.64 Å². The van der Waals surface area contributed by atoms with Gasteiger partial charge in [0, 0.05) is 19.2 Å². The normalized spacial score (nSPS) is 26.0. The molecule has 2 aliphatic rings. The van der Waals surface area contributed by atoms with Gasteiger partial charge in [-0.1, -0.05) is 48.5 Å². The first kappa shape index (κ1) is 16.7. The van der Waals surface area contributed by atoms with Gasteiger partial charge in [-0.05, 0) is 24.6 Å². The number of carbonyl (C=O) groups is 1. The number of nitrogens with zero attached hydrogens (tertiary/aromatic N) is 2. The van der Waals surface area contributed by atoms with E-state index >= 15 is 0 Å². The van der Waals surface area contributed by atoms with E-state index in [0.29, 0.717) is 0 Å². The molecule has 5 heteroatoms. The Bertz CT molecular complexity index is 851. The maximum atomic E-state index is 13.3. The van der Waals surface area contributed by atoms with Gasteiger partial charge < -0.3 is 9.64 Å². The van der Waals surface area contributed by atoms with Gasteiger partial charge in [-0.2, -0.15) is 0 Å². The average Bonchev–Trinajstić information content (AvgIpc) is 2.98. The predicted molar refractivity (Wildman–Crippen MR) is 99.5 cm³/mol. The number of benzene rings is 2. The van der Waals surface area contributed by atoms with Crippen molar-refractivity contribution in [1.29, 1.82) is 0 Å². The molecule has 0 saturated carbocycles. The Labute approximate surface area is 153 Å². The SMILES string of the molecule is CON(C)C(=O)[C@H]1[C@H](c2ccccc2)C=CN2c3ccccc3O[C@]12C. The van der Waals surface area contributed by atoms with Crippen molar-refractivity contribution >= 4 is 11.6 Å². The van der Waals surface area contributed by atoms with Crippen LogP contribution in [0.3, 0.4) is 0 Å². The Hall–Kier alpha value is -2.79. The van der Waals surface area contributed by atoms with E-state index in [0.717, 1.165) is 17.0 Å². The largest absolute Gasteiger partial charge is 0.465 e. The van der Waals surface area contributed by atoms with Crippen molar-refractivity contribution < 1.29 is 14.4 Å². The van der Waals surface area contributed by atoms with Gasteiger partial charge >= 0.3 is 0 Å². The molecule has 2 heterocycles. The predicted octanol–water partition coefficient (Wildman–Crippen LogP) is 3.55. The van der Waals surface area contributed by atoms with E-state index in [9.17, 15) is 4.79 Å². The second-order valence-electron chi connectivity index (χ2n) is 6.77. The summed E-state index contributed by atoms with van der Waals surface area (Å²) in [5.41, 5.74) is 1.21. The van der Waals surface area contributed by atoms with Gasteiger partial charge in [-0.3, -0.25) is 9.63 Å². The molecule has 0 N–H and O–H groups in total. The molecule has 0 aromatic heterocycles. The lowest BCUT2D eigenvalue weighted by molar-refractivity contribution is -0.180. The van der Waals surface area contributed by atoms with Crippen molar-refractivity contribution in [2.24, 2.45) is 5.92 Å². The van der Waals surface area contributed by atoms with Crippen LogP contribution in [0.5, 0.6) is 5.75 Å². The van der Waals surface area contributed by atoms with Gasteiger partial charge in [0.15, 0.2) is 5.72 Å². The second kappa shape index (κ2) is 6.18. The van der Waals surface area contributed by atoms with Crippen LogP contribution in [0, 0.1) is 5.92 Å². The quantitative estimate of drug-likeness (QED) is 0.794. The molecule has 2 aliphatic heterocycles. The van der Waals surface area contributed by atoms with Gasteiger partial charge in [-0.15, -0.1) is 0 Å². The molecule has 0 radical (unpaired) electrons. The summed E-state index contributed by atoms with van der Waals surface area (Å²) in [6.07, 6.45) is 4.11. The van der Waals surface area contributed by atoms with E-state index in [4.69, 9.17) is 9.57 Å². The molecule has 2 aromatic rings. The van der Waals surface area contributed by atoms with Gasteiger partial charge in [0.1, 0.15) is 11.7 Å². The molecule has 0 bridgehead atoms. The number of hydrogen-bond acceptors (Lipinski definition) is 4. The molecule has 3 atom stereocenters. The molecule has 5 nitrogen and oxygen atoms in total. The standard InChI is InChI=1S/C21H22N2O3/c1-21-19(20(24)22(2)25-3)16(15-9-5-4-6-10-15)13-14-23(21)17-11-7-8-12-18(17)26-21/h4-14,16,19H,1-3H3/t16-,19+,21+/m0/s1. The topological polar surface area (TPSA) is 42.0 Å². The maximum absolute atomic E-state index is 13.3. The Kier molecular flexibility index (Phi) is 3.96. The number of allylic oxidation sites excluding steroid dienone is 1. The van der Waals surface area contributed by atoms with Crippen molar-refractivity contribution in [3.8, 4) is 5.75 Å². The fourth-order valence-corrected chi connectivity index (χ4v) is 3.97. The van der Waals surface area contributed by atoms with Crippen LogP contribution in [0.25, 0.3) is 0 Å². The summed E-state index contributed by atoms with van der Waals surface area (Å²) in [6, 6.07) is 17.9. The van der Waals surface area contributed by atoms with Gasteiger partial charge in [0.2, 0.25) is 0 Å². The highest BCUT2D eigenvalue weighted by Crippen LogP contribution is 2.52. The Morgan fingerprint density at radius 1 is 1.15 bits per heavy atom. The third kappa shape index (κ3) is 2.39. The number of ether oxygens (including phenoxy) is 1. The summed E-state index contributed by atoms with van der Waals surface area (Å²) in [4.78, 5) is 20.5. The van der Waals surface area contributed by atoms with Crippen molar-refractivity contribution in [2.45, 2.75) is 18.6 Å². The number of hydrogen-bond donors (Lipinski definition) is 0. The zero-order valence-corrected chi connectivity index (χ0v) is 15.1. The lowest BCUT2D eigenvalue weighted by Gasteiger charge is -2.45. The Balaban J connectivity index is 1.84. The second-order valence-corrected chi connectivity index (χ2v) is 6.77. The van der Waals surface area contributed by atoms with E-state index in [1.54, 1.807) is 7.05 Å². The number of amides is 1. The van der Waals surface area contributed by atoms with E-state index in [2.05, 4.69) is 6.08 Å². The Morgan fingerprint density at radius 2 is 1.85 bits per heavy atom. The van der Waals surface area contributed by atoms with Gasteiger partial charge in [0.05, 0.1) is 12.8 Å². The highest BCUT2D eigenvalue weighted by molar-refractivity contribution is 5.83. The third-order valence-electron chi connectivity index (χ3n) is 5.33. The van der Waals surface area contributed by atoms with Crippen LogP contribution in [0.4, 0.5) is 5.69 Å². The molecule has 2 aromatic carbocycles. The molecule has 0 unspecified atom stereocenters. The fraction of sp³-hybridized carbons (Fsp3) is 0.286. The van der Waals surface area contributed by atoms with Crippen LogP contribution in [0.2, 0.25) is 0 Å². The van der Waals surface area contributed by atoms with Crippen LogP contribution >= 0.6 is 0 Å². The van der Waals surface area contributed by atoms with E-state index in [-0.39, 0.29) is 11.8 Å². The summed E-state index contributed by atoms with van der Waals surface area (Å²) in [5, 5.41) is 1.29. The van der Waals surface area contributed by atoms with Gasteiger partial charge in [-0.25, -0.2) is 5.06 Å². The Morgan fingerprint density at radius 3 is 2.58 bits per heavy atom. The first-order valence-corrected chi connectivity index (χ1v) is 8.68. The number of fused-ring (bicyclic) bond motifs is 3. The zero-order chi connectivity index (χ0) is 18.3. The van der Waals surface area contributed by atoms with Crippen LogP contribution in [0.1, 0.15) is 18.4 Å². The first-order valence-electron chi connectivity index (χ1n) is 8.68. The fourth-order valence-electron chi connectivity index (χ4n) is 3.97. The highest BCUT2D eigenvalue weighted by Gasteiger charge is 2.56. The first-order chi connectivity index (χ1) is 12.6. The zero-order valence-electron chi connectivity index (χ0n) is 15.1. The van der Waals surface area contributed by atoms with E-state index in [1.165, 1.54) is 12.2 Å². The molecule has 134 valence electrons. The van der Waals surface area contributed by atoms with Gasteiger partial charge in [0.25, 0.3) is 5.91 Å². The van der Waals surface area contributed by atoms with Crippen LogP contribution in [-0.4, -0.2) is 30.9 Å². The third-order valence-corrected chi connectivity index (χ3v) is 5.33. The average molecular weight is 350 g/mol. The summed E-state index contributed by atoms with van der Waals surface area (Å²) >= 11 is 0. The monoisotopic (exact) mass is 350 g/mol. The number of anilines is 1. The van der Waals surface area contributed by atoms with Crippen LogP contribution in [-0.2, 0) is 9.63 Å². The number of para-hydroxylation sites is 2. The van der Waals surface area contributed by atoms with Crippen molar-refractivity contribution in [3.05, 3.63) is 72.4 Å². The van der Waals surface area contributed by atoms with Crippen molar-refractivity contribution in [1.82, 2.24) is 5.06 Å². The lowest BCUT2D eigenvalue weighted by atomic mass is 9.76. The molecule has 0 fully saturated rings. The summed E-state index contributed by atoms with van der Waals surface area (Å²) in [7, 11) is 3.14. The molecule has 0 aliphatic carbocycles. The molecular formula is C21H22N2O3.